The first-order chi connectivity index (χ1) is 11.7. The molecule has 0 unspecified atom stereocenters. The van der Waals surface area contributed by atoms with Gasteiger partial charge in [-0.1, -0.05) is 19.9 Å². The van der Waals surface area contributed by atoms with Gasteiger partial charge in [-0.05, 0) is 24.5 Å². The zero-order valence-electron chi connectivity index (χ0n) is 14.8. The average molecular weight is 375 g/mol. The third kappa shape index (κ3) is 7.10. The Kier molecular flexibility index (Phi) is 11.3. The zero-order valence-corrected chi connectivity index (χ0v) is 16.3. The number of benzene rings is 1. The summed E-state index contributed by atoms with van der Waals surface area (Å²) < 4.78 is 5.28. The minimum Gasteiger partial charge on any atom is -0.539 e. The Morgan fingerprint density at radius 1 is 1.04 bits per heavy atom. The van der Waals surface area contributed by atoms with Crippen LogP contribution >= 0.6 is 23.2 Å². The largest absolute Gasteiger partial charge is 0.539 e. The van der Waals surface area contributed by atoms with Crippen LogP contribution in [-0.4, -0.2) is 55.5 Å². The van der Waals surface area contributed by atoms with Gasteiger partial charge in [-0.3, -0.25) is 4.90 Å². The van der Waals surface area contributed by atoms with Gasteiger partial charge >= 0.3 is 7.69 Å². The number of rotatable bonds is 13. The summed E-state index contributed by atoms with van der Waals surface area (Å²) in [6.07, 6.45) is 2.16. The molecule has 7 heteroatoms. The summed E-state index contributed by atoms with van der Waals surface area (Å²) in [7, 11) is -0.315. The Bertz CT molecular complexity index is 454. The van der Waals surface area contributed by atoms with Gasteiger partial charge in [-0.25, -0.2) is 0 Å². The van der Waals surface area contributed by atoms with Crippen LogP contribution in [0.15, 0.2) is 18.2 Å². The standard InChI is InChI=1S/C17H29BCl2N2O2/c1-3-9-22(10-4-2)17-13-16(24-18-23)6-5-15(17)14-21(11-7-19)12-8-20/h5-6,13,18,23H,3-4,7-12,14H2,1-2H3. The van der Waals surface area contributed by atoms with E-state index in [2.05, 4.69) is 29.7 Å². The van der Waals surface area contributed by atoms with Gasteiger partial charge in [0.05, 0.1) is 0 Å². The van der Waals surface area contributed by atoms with Crippen LogP contribution in [0.25, 0.3) is 0 Å². The summed E-state index contributed by atoms with van der Waals surface area (Å²) >= 11 is 11.8. The molecule has 0 aliphatic carbocycles. The van der Waals surface area contributed by atoms with E-state index in [4.69, 9.17) is 32.9 Å². The van der Waals surface area contributed by atoms with Gasteiger partial charge in [0.25, 0.3) is 0 Å². The molecule has 1 rings (SSSR count). The normalized spacial score (nSPS) is 10.9. The number of hydrogen-bond donors (Lipinski definition) is 1. The minimum atomic E-state index is -0.315. The molecule has 0 spiro atoms. The molecule has 0 atom stereocenters. The van der Waals surface area contributed by atoms with Crippen molar-refractivity contribution in [1.82, 2.24) is 4.90 Å². The van der Waals surface area contributed by atoms with Crippen LogP contribution in [0.3, 0.4) is 0 Å². The monoisotopic (exact) mass is 374 g/mol. The fourth-order valence-electron chi connectivity index (χ4n) is 2.78. The van der Waals surface area contributed by atoms with Crippen LogP contribution < -0.4 is 9.55 Å². The summed E-state index contributed by atoms with van der Waals surface area (Å²) in [6, 6.07) is 6.01. The maximum absolute atomic E-state index is 9.04. The summed E-state index contributed by atoms with van der Waals surface area (Å²) in [6.45, 7) is 8.78. The highest BCUT2D eigenvalue weighted by atomic mass is 35.5. The van der Waals surface area contributed by atoms with Crippen molar-refractivity contribution in [3.05, 3.63) is 23.8 Å². The van der Waals surface area contributed by atoms with E-state index in [0.29, 0.717) is 17.5 Å². The Labute approximate surface area is 157 Å². The Morgan fingerprint density at radius 3 is 2.17 bits per heavy atom. The molecular weight excluding hydrogens is 346 g/mol. The molecule has 0 aliphatic rings. The Balaban J connectivity index is 3.10. The molecule has 0 aliphatic heterocycles. The van der Waals surface area contributed by atoms with Crippen LogP contribution in [0.1, 0.15) is 32.3 Å². The molecule has 0 heterocycles. The second-order valence-electron chi connectivity index (χ2n) is 5.71. The van der Waals surface area contributed by atoms with Crippen molar-refractivity contribution in [2.45, 2.75) is 33.2 Å². The Hall–Kier alpha value is -0.615. The summed E-state index contributed by atoms with van der Waals surface area (Å²) in [5.74, 6) is 1.87. The molecule has 0 saturated heterocycles. The highest BCUT2D eigenvalue weighted by Gasteiger charge is 2.14. The lowest BCUT2D eigenvalue weighted by Gasteiger charge is -2.29. The van der Waals surface area contributed by atoms with Crippen LogP contribution in [0, 0.1) is 0 Å². The average Bonchev–Trinajstić information content (AvgIpc) is 2.57. The molecule has 0 amide bonds. The quantitative estimate of drug-likeness (QED) is 0.424. The molecule has 0 radical (unpaired) electrons. The lowest BCUT2D eigenvalue weighted by atomic mass is 10.1. The number of alkyl halides is 2. The topological polar surface area (TPSA) is 35.9 Å². The number of halogens is 2. The highest BCUT2D eigenvalue weighted by molar-refractivity contribution is 6.18. The second-order valence-corrected chi connectivity index (χ2v) is 6.46. The first-order valence-electron chi connectivity index (χ1n) is 8.65. The lowest BCUT2D eigenvalue weighted by molar-refractivity contribution is 0.299. The molecule has 0 saturated carbocycles. The van der Waals surface area contributed by atoms with Crippen LogP contribution in [0.4, 0.5) is 5.69 Å². The third-order valence-corrected chi connectivity index (χ3v) is 4.15. The van der Waals surface area contributed by atoms with Crippen molar-refractivity contribution in [2.24, 2.45) is 0 Å². The number of nitrogens with zero attached hydrogens (tertiary/aromatic N) is 2. The first kappa shape index (κ1) is 21.4. The lowest BCUT2D eigenvalue weighted by Crippen LogP contribution is -2.30. The summed E-state index contributed by atoms with van der Waals surface area (Å²) in [5.41, 5.74) is 2.40. The molecule has 1 N–H and O–H groups in total. The van der Waals surface area contributed by atoms with E-state index in [0.717, 1.165) is 45.6 Å². The predicted molar refractivity (Wildman–Crippen MR) is 106 cm³/mol. The van der Waals surface area contributed by atoms with Crippen molar-refractivity contribution >= 4 is 36.6 Å². The fourth-order valence-corrected chi connectivity index (χ4v) is 3.26. The molecular formula is C17H29BCl2N2O2. The van der Waals surface area contributed by atoms with Gasteiger partial charge < -0.3 is 14.6 Å². The van der Waals surface area contributed by atoms with Crippen molar-refractivity contribution in [3.63, 3.8) is 0 Å². The smallest absolute Gasteiger partial charge is 0.504 e. The van der Waals surface area contributed by atoms with E-state index in [1.54, 1.807) is 0 Å². The van der Waals surface area contributed by atoms with Gasteiger partial charge in [0.2, 0.25) is 0 Å². The number of anilines is 1. The first-order valence-corrected chi connectivity index (χ1v) is 9.72. The molecule has 0 fully saturated rings. The van der Waals surface area contributed by atoms with E-state index >= 15 is 0 Å². The fraction of sp³-hybridized carbons (Fsp3) is 0.647. The highest BCUT2D eigenvalue weighted by Crippen LogP contribution is 2.28. The molecule has 24 heavy (non-hydrogen) atoms. The maximum Gasteiger partial charge on any atom is 0.504 e. The van der Waals surface area contributed by atoms with E-state index in [-0.39, 0.29) is 7.69 Å². The van der Waals surface area contributed by atoms with Crippen molar-refractivity contribution < 1.29 is 9.68 Å². The van der Waals surface area contributed by atoms with Crippen molar-refractivity contribution in [3.8, 4) is 5.75 Å². The molecule has 1 aromatic carbocycles. The van der Waals surface area contributed by atoms with Gasteiger partial charge in [0.1, 0.15) is 5.75 Å². The van der Waals surface area contributed by atoms with Crippen molar-refractivity contribution in [2.75, 3.05) is 42.8 Å². The van der Waals surface area contributed by atoms with Crippen molar-refractivity contribution in [1.29, 1.82) is 0 Å². The predicted octanol–water partition coefficient (Wildman–Crippen LogP) is 3.23. The van der Waals surface area contributed by atoms with E-state index in [9.17, 15) is 0 Å². The second kappa shape index (κ2) is 12.7. The molecule has 1 aromatic rings. The number of hydrogen-bond acceptors (Lipinski definition) is 4. The Morgan fingerprint density at radius 2 is 1.67 bits per heavy atom. The molecule has 0 bridgehead atoms. The minimum absolute atomic E-state index is 0.315. The summed E-state index contributed by atoms with van der Waals surface area (Å²) in [5, 5.41) is 9.04. The van der Waals surface area contributed by atoms with E-state index in [1.807, 2.05) is 12.1 Å². The maximum atomic E-state index is 9.04. The van der Waals surface area contributed by atoms with E-state index < -0.39 is 0 Å². The van der Waals surface area contributed by atoms with Crippen LogP contribution in [-0.2, 0) is 6.54 Å². The van der Waals surface area contributed by atoms with Gasteiger partial charge in [0.15, 0.2) is 0 Å². The van der Waals surface area contributed by atoms with Gasteiger partial charge in [0, 0.05) is 56.2 Å². The molecule has 4 nitrogen and oxygen atoms in total. The van der Waals surface area contributed by atoms with Gasteiger partial charge in [-0.15, -0.1) is 23.2 Å². The van der Waals surface area contributed by atoms with Crippen LogP contribution in [0.5, 0.6) is 5.75 Å². The van der Waals surface area contributed by atoms with E-state index in [1.165, 1.54) is 11.3 Å². The zero-order chi connectivity index (χ0) is 17.8. The third-order valence-electron chi connectivity index (χ3n) is 3.81. The molecule has 136 valence electrons. The van der Waals surface area contributed by atoms with Crippen LogP contribution in [0.2, 0.25) is 0 Å². The SMILES string of the molecule is CCCN(CCC)c1cc(OBO)ccc1CN(CCCl)CCCl. The molecule has 0 aromatic heterocycles. The summed E-state index contributed by atoms with van der Waals surface area (Å²) in [4.78, 5) is 4.65. The van der Waals surface area contributed by atoms with Gasteiger partial charge in [-0.2, -0.15) is 0 Å².